The van der Waals surface area contributed by atoms with Crippen LogP contribution < -0.4 is 33.0 Å². The molecular weight excluding hydrogens is 437 g/mol. The number of aromatic nitrogens is 3. The lowest BCUT2D eigenvalue weighted by molar-refractivity contribution is 0.0687. The van der Waals surface area contributed by atoms with Gasteiger partial charge >= 0.3 is 5.97 Å². The van der Waals surface area contributed by atoms with Crippen LogP contribution in [0.2, 0.25) is 0 Å². The number of hydrogen-bond donors (Lipinski definition) is 5. The fourth-order valence-electron chi connectivity index (χ4n) is 3.16. The van der Waals surface area contributed by atoms with Crippen molar-refractivity contribution in [3.63, 3.8) is 0 Å². The van der Waals surface area contributed by atoms with E-state index in [1.807, 2.05) is 0 Å². The minimum Gasteiger partial charge on any atom is -0.477 e. The van der Waals surface area contributed by atoms with Gasteiger partial charge in [0, 0.05) is 24.7 Å². The van der Waals surface area contributed by atoms with E-state index in [0.717, 1.165) is 10.6 Å². The largest absolute Gasteiger partial charge is 0.477 e. The summed E-state index contributed by atoms with van der Waals surface area (Å²) in [5.74, 6) is -2.57. The van der Waals surface area contributed by atoms with E-state index in [1.54, 1.807) is 0 Å². The van der Waals surface area contributed by atoms with E-state index in [0.29, 0.717) is 5.56 Å². The first-order valence-electron chi connectivity index (χ1n) is 9.43. The van der Waals surface area contributed by atoms with Gasteiger partial charge in [0.1, 0.15) is 22.9 Å². The lowest BCUT2D eigenvalue weighted by atomic mass is 10.1. The van der Waals surface area contributed by atoms with Crippen LogP contribution in [0.1, 0.15) is 32.1 Å². The van der Waals surface area contributed by atoms with Crippen LogP contribution in [0.4, 0.5) is 21.5 Å². The Labute approximate surface area is 183 Å². The molecule has 0 aliphatic heterocycles. The van der Waals surface area contributed by atoms with Gasteiger partial charge in [-0.25, -0.2) is 18.7 Å². The van der Waals surface area contributed by atoms with Gasteiger partial charge in [-0.1, -0.05) is 6.07 Å². The normalized spacial score (nSPS) is 11.1. The fraction of sp³-hybridized carbons (Fsp3) is 0.100. The lowest BCUT2D eigenvalue weighted by Gasteiger charge is -2.12. The number of carbonyl (C=O) groups excluding carboxylic acids is 1. The van der Waals surface area contributed by atoms with Crippen molar-refractivity contribution in [3.8, 4) is 0 Å². The zero-order valence-electron chi connectivity index (χ0n) is 16.8. The highest BCUT2D eigenvalue weighted by Crippen LogP contribution is 2.16. The molecule has 0 aliphatic carbocycles. The Morgan fingerprint density at radius 2 is 1.88 bits per heavy atom. The summed E-state index contributed by atoms with van der Waals surface area (Å²) < 4.78 is 15.2. The number of nitrogen functional groups attached to an aromatic ring is 2. The smallest absolute Gasteiger partial charge is 0.354 e. The van der Waals surface area contributed by atoms with Gasteiger partial charge in [0.05, 0.1) is 11.9 Å². The number of halogens is 1. The Morgan fingerprint density at radius 1 is 1.12 bits per heavy atom. The van der Waals surface area contributed by atoms with E-state index in [9.17, 15) is 28.7 Å². The van der Waals surface area contributed by atoms with Crippen molar-refractivity contribution in [1.82, 2.24) is 19.9 Å². The number of nitrogens with one attached hydrogen (secondary N) is 2. The van der Waals surface area contributed by atoms with Gasteiger partial charge in [0.15, 0.2) is 11.3 Å². The third-order valence-electron chi connectivity index (χ3n) is 4.92. The predicted octanol–water partition coefficient (Wildman–Crippen LogP) is -0.131. The molecule has 0 unspecified atom stereocenters. The quantitative estimate of drug-likeness (QED) is 0.235. The van der Waals surface area contributed by atoms with Gasteiger partial charge < -0.3 is 27.2 Å². The second kappa shape index (κ2) is 8.03. The molecule has 168 valence electrons. The number of anilines is 3. The van der Waals surface area contributed by atoms with Crippen LogP contribution in [0, 0.1) is 5.82 Å². The molecule has 4 rings (SSSR count). The molecule has 0 aliphatic rings. The summed E-state index contributed by atoms with van der Waals surface area (Å²) in [6.07, 6.45) is 1.22. The average molecular weight is 453 g/mol. The highest BCUT2D eigenvalue weighted by molar-refractivity contribution is 5.96. The van der Waals surface area contributed by atoms with Crippen LogP contribution >= 0.6 is 0 Å². The molecule has 4 aromatic rings. The number of nitrogens with zero attached hydrogens (tertiary/aromatic N) is 3. The molecule has 0 saturated carbocycles. The van der Waals surface area contributed by atoms with Gasteiger partial charge in [-0.15, -0.1) is 0 Å². The van der Waals surface area contributed by atoms with Gasteiger partial charge in [-0.3, -0.25) is 14.4 Å². The van der Waals surface area contributed by atoms with E-state index in [1.165, 1.54) is 24.4 Å². The topological polar surface area (TPSA) is 195 Å². The Hall–Kier alpha value is -4.81. The summed E-state index contributed by atoms with van der Waals surface area (Å²) >= 11 is 0. The van der Waals surface area contributed by atoms with Crippen LogP contribution in [0.5, 0.6) is 0 Å². The molecule has 33 heavy (non-hydrogen) atoms. The highest BCUT2D eigenvalue weighted by Gasteiger charge is 2.19. The third kappa shape index (κ3) is 3.82. The fourth-order valence-corrected chi connectivity index (χ4v) is 3.16. The number of hydrogen-bond acceptors (Lipinski definition) is 9. The second-order valence-electron chi connectivity index (χ2n) is 7.08. The van der Waals surface area contributed by atoms with E-state index >= 15 is 0 Å². The summed E-state index contributed by atoms with van der Waals surface area (Å²) in [7, 11) is 0. The number of rotatable bonds is 7. The van der Waals surface area contributed by atoms with Gasteiger partial charge in [-0.2, -0.15) is 5.10 Å². The van der Waals surface area contributed by atoms with Crippen LogP contribution in [0.15, 0.2) is 40.1 Å². The first-order valence-corrected chi connectivity index (χ1v) is 9.43. The van der Waals surface area contributed by atoms with Crippen LogP contribution in [-0.2, 0) is 13.1 Å². The molecule has 2 aromatic carbocycles. The van der Waals surface area contributed by atoms with Crippen molar-refractivity contribution in [2.75, 3.05) is 16.8 Å². The second-order valence-corrected chi connectivity index (χ2v) is 7.08. The van der Waals surface area contributed by atoms with Crippen molar-refractivity contribution in [1.29, 1.82) is 0 Å². The number of aromatic carboxylic acids is 1. The standard InChI is InChI=1S/C20H16FN7O5/c21-10-2-1-8(3-9(10)6-24-15-14(23)16(29)17(15)30)5-25-19(31)12-4-13(20(32)33)28-18(27-12)11(22)7-26-28/h1-4,7,24H,5-6,22-23H2,(H,25,31)(H,32,33). The average Bonchev–Trinajstić information content (AvgIpc) is 3.18. The first-order chi connectivity index (χ1) is 15.7. The van der Waals surface area contributed by atoms with Gasteiger partial charge in [-0.05, 0) is 17.7 Å². The Balaban J connectivity index is 1.49. The van der Waals surface area contributed by atoms with Crippen molar-refractivity contribution >= 4 is 34.6 Å². The summed E-state index contributed by atoms with van der Waals surface area (Å²) in [6.45, 7) is -0.137. The lowest BCUT2D eigenvalue weighted by Crippen LogP contribution is -2.37. The summed E-state index contributed by atoms with van der Waals surface area (Å²) in [5, 5.41) is 18.4. The maximum absolute atomic E-state index is 14.1. The molecular formula is C20H16FN7O5. The number of carboxylic acids is 1. The van der Waals surface area contributed by atoms with E-state index in [4.69, 9.17) is 11.5 Å². The Morgan fingerprint density at radius 3 is 2.58 bits per heavy atom. The van der Waals surface area contributed by atoms with Crippen LogP contribution in [0.3, 0.4) is 0 Å². The molecule has 0 bridgehead atoms. The number of carbonyl (C=O) groups is 2. The van der Waals surface area contributed by atoms with Crippen molar-refractivity contribution < 1.29 is 19.1 Å². The minimum atomic E-state index is -1.32. The molecule has 7 N–H and O–H groups in total. The molecule has 2 aromatic heterocycles. The van der Waals surface area contributed by atoms with E-state index in [2.05, 4.69) is 20.7 Å². The molecule has 12 nitrogen and oxygen atoms in total. The van der Waals surface area contributed by atoms with Crippen molar-refractivity contribution in [2.24, 2.45) is 0 Å². The molecule has 13 heteroatoms. The van der Waals surface area contributed by atoms with E-state index in [-0.39, 0.29) is 52.8 Å². The molecule has 0 saturated heterocycles. The molecule has 0 atom stereocenters. The number of nitrogens with two attached hydrogens (primary N) is 2. The SMILES string of the molecule is Nc1c(NCc2cc(CNC(=O)c3cc(C(=O)O)n4ncc(N)c4n3)ccc2F)c(=O)c1=O. The number of benzene rings is 1. The molecule has 1 amide bonds. The summed E-state index contributed by atoms with van der Waals surface area (Å²) in [5.41, 5.74) is 9.69. The number of fused-ring (bicyclic) bond motifs is 1. The molecule has 0 fully saturated rings. The maximum Gasteiger partial charge on any atom is 0.354 e. The van der Waals surface area contributed by atoms with Crippen molar-refractivity contribution in [2.45, 2.75) is 13.1 Å². The molecule has 0 spiro atoms. The zero-order valence-corrected chi connectivity index (χ0v) is 16.8. The summed E-state index contributed by atoms with van der Waals surface area (Å²) in [6, 6.07) is 5.15. The monoisotopic (exact) mass is 453 g/mol. The Bertz CT molecular complexity index is 1500. The maximum atomic E-state index is 14.1. The number of amides is 1. The van der Waals surface area contributed by atoms with E-state index < -0.39 is 28.6 Å². The summed E-state index contributed by atoms with van der Waals surface area (Å²) in [4.78, 5) is 50.8. The van der Waals surface area contributed by atoms with Gasteiger partial charge in [0.25, 0.3) is 16.8 Å². The first kappa shape index (κ1) is 21.4. The molecule has 2 heterocycles. The van der Waals surface area contributed by atoms with Crippen LogP contribution in [-0.4, -0.2) is 31.6 Å². The number of carboxylic acid groups (broad SMARTS) is 1. The minimum absolute atomic E-state index is 0.0211. The molecule has 0 radical (unpaired) electrons. The highest BCUT2D eigenvalue weighted by atomic mass is 19.1. The Kier molecular flexibility index (Phi) is 5.21. The van der Waals surface area contributed by atoms with Crippen LogP contribution in [0.25, 0.3) is 5.65 Å². The zero-order chi connectivity index (χ0) is 23.9. The predicted molar refractivity (Wildman–Crippen MR) is 115 cm³/mol. The van der Waals surface area contributed by atoms with Crippen molar-refractivity contribution in [3.05, 3.63) is 79.2 Å². The third-order valence-corrected chi connectivity index (χ3v) is 4.92. The van der Waals surface area contributed by atoms with Gasteiger partial charge in [0.2, 0.25) is 0 Å².